The molecule has 8 heteroatoms. The van der Waals surface area contributed by atoms with Crippen LogP contribution in [0.5, 0.6) is 0 Å². The molecule has 0 unspecified atom stereocenters. The van der Waals surface area contributed by atoms with Gasteiger partial charge in [-0.1, -0.05) is 0 Å². The van der Waals surface area contributed by atoms with Crippen LogP contribution in [0.4, 0.5) is 13.2 Å². The zero-order chi connectivity index (χ0) is 11.2. The number of Topliss-reactive ketones (excluding diaryl/α,β-unsaturated/α-hetero) is 1. The van der Waals surface area contributed by atoms with E-state index in [4.69, 9.17) is 9.90 Å². The van der Waals surface area contributed by atoms with Crippen LogP contribution >= 0.6 is 0 Å². The van der Waals surface area contributed by atoms with Crippen molar-refractivity contribution in [2.24, 2.45) is 10.2 Å². The minimum atomic E-state index is -5.08. The van der Waals surface area contributed by atoms with Gasteiger partial charge in [-0.3, -0.25) is 4.79 Å². The molecule has 0 aromatic carbocycles. The number of hydrogen-bond acceptors (Lipinski definition) is 4. The molecule has 1 rings (SSSR count). The van der Waals surface area contributed by atoms with Gasteiger partial charge >= 0.3 is 12.1 Å². The normalized spacial score (nSPS) is 14.6. The fourth-order valence-electron chi connectivity index (χ4n) is 0.328. The Morgan fingerprint density at radius 3 is 2.07 bits per heavy atom. The Morgan fingerprint density at radius 1 is 1.43 bits per heavy atom. The monoisotopic (exact) mass is 210 g/mol. The third-order valence-corrected chi connectivity index (χ3v) is 0.885. The van der Waals surface area contributed by atoms with Crippen molar-refractivity contribution in [2.75, 3.05) is 0 Å². The average Bonchev–Trinajstić information content (AvgIpc) is 2.04. The molecule has 0 saturated heterocycles. The van der Waals surface area contributed by atoms with Crippen LogP contribution in [0.2, 0.25) is 0 Å². The summed E-state index contributed by atoms with van der Waals surface area (Å²) >= 11 is 0. The topological polar surface area (TPSA) is 79.1 Å². The first-order valence-electron chi connectivity index (χ1n) is 3.22. The number of aliphatic carboxylic acids is 1. The Bertz CT molecular complexity index is 283. The second-order valence-electron chi connectivity index (χ2n) is 2.02. The first kappa shape index (κ1) is 12.3. The molecule has 78 valence electrons. The molecule has 1 aliphatic heterocycles. The van der Waals surface area contributed by atoms with E-state index in [0.29, 0.717) is 6.42 Å². The molecule has 0 bridgehead atoms. The molecule has 1 heterocycles. The van der Waals surface area contributed by atoms with Crippen LogP contribution in [0.3, 0.4) is 0 Å². The van der Waals surface area contributed by atoms with Crippen LogP contribution in [-0.2, 0) is 9.59 Å². The van der Waals surface area contributed by atoms with Crippen LogP contribution in [0.25, 0.3) is 0 Å². The molecule has 0 aromatic heterocycles. The second kappa shape index (κ2) is 5.10. The molecule has 0 amide bonds. The highest BCUT2D eigenvalue weighted by atomic mass is 19.4. The number of halogens is 3. The van der Waals surface area contributed by atoms with Gasteiger partial charge in [0.15, 0.2) is 5.78 Å². The molecule has 0 atom stereocenters. The van der Waals surface area contributed by atoms with Gasteiger partial charge in [0.05, 0.1) is 6.21 Å². The Morgan fingerprint density at radius 2 is 1.93 bits per heavy atom. The van der Waals surface area contributed by atoms with Crippen LogP contribution in [-0.4, -0.2) is 35.5 Å². The van der Waals surface area contributed by atoms with Crippen molar-refractivity contribution in [3.05, 3.63) is 0 Å². The molecule has 0 aromatic rings. The molecule has 1 N–H and O–H groups in total. The highest BCUT2D eigenvalue weighted by molar-refractivity contribution is 6.31. The fourth-order valence-corrected chi connectivity index (χ4v) is 0.328. The molecule has 14 heavy (non-hydrogen) atoms. The summed E-state index contributed by atoms with van der Waals surface area (Å²) in [4.78, 5) is 19.1. The van der Waals surface area contributed by atoms with Crippen molar-refractivity contribution in [3.63, 3.8) is 0 Å². The number of ketones is 1. The van der Waals surface area contributed by atoms with E-state index < -0.39 is 12.1 Å². The van der Waals surface area contributed by atoms with E-state index in [2.05, 4.69) is 10.2 Å². The Kier molecular flexibility index (Phi) is 4.47. The lowest BCUT2D eigenvalue weighted by molar-refractivity contribution is -0.192. The minimum Gasteiger partial charge on any atom is -0.475 e. The molecule has 0 aliphatic carbocycles. The van der Waals surface area contributed by atoms with E-state index in [-0.39, 0.29) is 5.78 Å². The summed E-state index contributed by atoms with van der Waals surface area (Å²) in [6.07, 6.45) is -1.97. The highest BCUT2D eigenvalue weighted by Gasteiger charge is 2.38. The SMILES string of the molecule is O=C(O)C(F)(F)F.O=C1C=NN=CC1. The summed E-state index contributed by atoms with van der Waals surface area (Å²) in [5.41, 5.74) is 0. The number of carbonyl (C=O) groups excluding carboxylic acids is 1. The van der Waals surface area contributed by atoms with Crippen molar-refractivity contribution in [1.82, 2.24) is 0 Å². The smallest absolute Gasteiger partial charge is 0.475 e. The molecule has 5 nitrogen and oxygen atoms in total. The number of carboxylic acids is 1. The average molecular weight is 210 g/mol. The Hall–Kier alpha value is -1.73. The number of carboxylic acid groups (broad SMARTS) is 1. The molecule has 0 radical (unpaired) electrons. The summed E-state index contributed by atoms with van der Waals surface area (Å²) in [7, 11) is 0. The first-order valence-corrected chi connectivity index (χ1v) is 3.22. The van der Waals surface area contributed by atoms with Gasteiger partial charge in [0.25, 0.3) is 0 Å². The van der Waals surface area contributed by atoms with Gasteiger partial charge < -0.3 is 5.11 Å². The number of carbonyl (C=O) groups is 2. The van der Waals surface area contributed by atoms with E-state index in [1.54, 1.807) is 0 Å². The van der Waals surface area contributed by atoms with E-state index in [9.17, 15) is 18.0 Å². The third kappa shape index (κ3) is 5.86. The van der Waals surface area contributed by atoms with Crippen molar-refractivity contribution in [1.29, 1.82) is 0 Å². The van der Waals surface area contributed by atoms with Crippen LogP contribution in [0, 0.1) is 0 Å². The maximum absolute atomic E-state index is 10.6. The summed E-state index contributed by atoms with van der Waals surface area (Å²) < 4.78 is 31.7. The quantitative estimate of drug-likeness (QED) is 0.637. The fraction of sp³-hybridized carbons (Fsp3) is 0.333. The van der Waals surface area contributed by atoms with Crippen LogP contribution in [0.1, 0.15) is 6.42 Å². The maximum Gasteiger partial charge on any atom is 0.490 e. The summed E-state index contributed by atoms with van der Waals surface area (Å²) in [6.45, 7) is 0. The molecule has 0 spiro atoms. The largest absolute Gasteiger partial charge is 0.490 e. The lowest BCUT2D eigenvalue weighted by Crippen LogP contribution is -2.21. The first-order chi connectivity index (χ1) is 6.34. The van der Waals surface area contributed by atoms with Crippen molar-refractivity contribution < 1.29 is 27.9 Å². The van der Waals surface area contributed by atoms with Gasteiger partial charge in [0.2, 0.25) is 0 Å². The van der Waals surface area contributed by atoms with E-state index in [1.807, 2.05) is 0 Å². The summed E-state index contributed by atoms with van der Waals surface area (Å²) in [5.74, 6) is -2.73. The Labute approximate surface area is 75.9 Å². The summed E-state index contributed by atoms with van der Waals surface area (Å²) in [5, 5.41) is 13.9. The maximum atomic E-state index is 10.6. The number of alkyl halides is 3. The van der Waals surface area contributed by atoms with Crippen LogP contribution in [0.15, 0.2) is 10.2 Å². The zero-order valence-corrected chi connectivity index (χ0v) is 6.65. The predicted molar refractivity (Wildman–Crippen MR) is 40.3 cm³/mol. The minimum absolute atomic E-state index is 0.0231. The van der Waals surface area contributed by atoms with Crippen LogP contribution < -0.4 is 0 Å². The standard InChI is InChI=1S/C4H4N2O.C2HF3O2/c7-4-1-2-5-6-3-4;3-2(4,5)1(6)7/h2-3H,1H2;(H,6,7). The van der Waals surface area contributed by atoms with Gasteiger partial charge in [0, 0.05) is 12.6 Å². The van der Waals surface area contributed by atoms with Crippen molar-refractivity contribution in [3.8, 4) is 0 Å². The molecule has 0 saturated carbocycles. The van der Waals surface area contributed by atoms with E-state index in [0.717, 1.165) is 0 Å². The number of hydrogen-bond donors (Lipinski definition) is 1. The predicted octanol–water partition coefficient (Wildman–Crippen LogP) is 0.649. The molecular formula is C6H5F3N2O3. The van der Waals surface area contributed by atoms with Gasteiger partial charge in [-0.25, -0.2) is 4.79 Å². The molecule has 1 aliphatic rings. The number of rotatable bonds is 0. The summed E-state index contributed by atoms with van der Waals surface area (Å²) in [6, 6.07) is 0. The van der Waals surface area contributed by atoms with E-state index in [1.165, 1.54) is 12.4 Å². The van der Waals surface area contributed by atoms with Gasteiger partial charge in [-0.2, -0.15) is 23.4 Å². The second-order valence-corrected chi connectivity index (χ2v) is 2.02. The van der Waals surface area contributed by atoms with Crippen molar-refractivity contribution in [2.45, 2.75) is 12.6 Å². The van der Waals surface area contributed by atoms with Gasteiger partial charge in [-0.05, 0) is 0 Å². The zero-order valence-electron chi connectivity index (χ0n) is 6.65. The Balaban J connectivity index is 0.000000241. The third-order valence-electron chi connectivity index (χ3n) is 0.885. The van der Waals surface area contributed by atoms with Gasteiger partial charge in [-0.15, -0.1) is 0 Å². The van der Waals surface area contributed by atoms with E-state index >= 15 is 0 Å². The number of nitrogens with zero attached hydrogens (tertiary/aromatic N) is 2. The van der Waals surface area contributed by atoms with Gasteiger partial charge in [0.1, 0.15) is 0 Å². The lowest BCUT2D eigenvalue weighted by atomic mass is 10.3. The molecule has 0 fully saturated rings. The lowest BCUT2D eigenvalue weighted by Gasteiger charge is -1.93. The molecular weight excluding hydrogens is 205 g/mol. The van der Waals surface area contributed by atoms with Crippen molar-refractivity contribution >= 4 is 24.2 Å². The highest BCUT2D eigenvalue weighted by Crippen LogP contribution is 2.13.